The second kappa shape index (κ2) is 6.01. The van der Waals surface area contributed by atoms with Gasteiger partial charge in [0.1, 0.15) is 0 Å². The van der Waals surface area contributed by atoms with Crippen molar-refractivity contribution in [2.75, 3.05) is 7.11 Å². The van der Waals surface area contributed by atoms with Crippen LogP contribution in [0.5, 0.6) is 0 Å². The van der Waals surface area contributed by atoms with Crippen molar-refractivity contribution in [2.24, 2.45) is 0 Å². The fourth-order valence-electron chi connectivity index (χ4n) is 1.70. The molecule has 2 N–H and O–H groups in total. The molecule has 17 heavy (non-hydrogen) atoms. The molecule has 0 saturated carbocycles. The Hall–Kier alpha value is -1.87. The molecular formula is C14H16O3. The van der Waals surface area contributed by atoms with E-state index in [0.717, 1.165) is 23.4 Å². The van der Waals surface area contributed by atoms with E-state index in [2.05, 4.69) is 6.07 Å². The van der Waals surface area contributed by atoms with E-state index >= 15 is 0 Å². The van der Waals surface area contributed by atoms with Crippen LogP contribution in [-0.4, -0.2) is 23.3 Å². The molecule has 0 heterocycles. The van der Waals surface area contributed by atoms with Gasteiger partial charge in [-0.05, 0) is 23.3 Å². The zero-order valence-electron chi connectivity index (χ0n) is 9.97. The van der Waals surface area contributed by atoms with Crippen LogP contribution >= 0.6 is 0 Å². The van der Waals surface area contributed by atoms with Crippen LogP contribution in [0.2, 0.25) is 0 Å². The van der Waals surface area contributed by atoms with Crippen molar-refractivity contribution in [3.63, 3.8) is 0 Å². The number of aliphatic hydroxyl groups excluding tert-OH is 1. The van der Waals surface area contributed by atoms with E-state index in [1.54, 1.807) is 0 Å². The van der Waals surface area contributed by atoms with Gasteiger partial charge in [0.05, 0.1) is 6.42 Å². The van der Waals surface area contributed by atoms with E-state index in [9.17, 15) is 4.79 Å². The summed E-state index contributed by atoms with van der Waals surface area (Å²) in [5.74, 6) is -0.790. The lowest BCUT2D eigenvalue weighted by Crippen LogP contribution is -1.99. The third kappa shape index (κ3) is 3.57. The quantitative estimate of drug-likeness (QED) is 0.835. The molecule has 0 spiro atoms. The maximum Gasteiger partial charge on any atom is 0.307 e. The third-order valence-electron chi connectivity index (χ3n) is 2.42. The first-order valence-corrected chi connectivity index (χ1v) is 5.31. The van der Waals surface area contributed by atoms with Gasteiger partial charge in [-0.25, -0.2) is 0 Å². The summed E-state index contributed by atoms with van der Waals surface area (Å²) in [5.41, 5.74) is 2.06. The number of hydrogen-bond donors (Lipinski definition) is 2. The number of carboxylic acid groups (broad SMARTS) is 1. The van der Waals surface area contributed by atoms with Gasteiger partial charge in [0.15, 0.2) is 0 Å². The second-order valence-corrected chi connectivity index (χ2v) is 3.76. The Morgan fingerprint density at radius 2 is 1.65 bits per heavy atom. The minimum absolute atomic E-state index is 0.0871. The van der Waals surface area contributed by atoms with Crippen molar-refractivity contribution in [3.05, 3.63) is 47.5 Å². The first-order valence-electron chi connectivity index (χ1n) is 5.31. The molecule has 0 atom stereocenters. The van der Waals surface area contributed by atoms with Crippen LogP contribution in [0.3, 0.4) is 0 Å². The van der Waals surface area contributed by atoms with Crippen LogP contribution in [0.25, 0.3) is 10.8 Å². The molecule has 0 unspecified atom stereocenters. The minimum atomic E-state index is -0.790. The Labute approximate surface area is 100 Å². The molecule has 3 nitrogen and oxygen atoms in total. The molecule has 0 aromatic heterocycles. The predicted molar refractivity (Wildman–Crippen MR) is 68.2 cm³/mol. The summed E-state index contributed by atoms with van der Waals surface area (Å²) < 4.78 is 0. The lowest BCUT2D eigenvalue weighted by atomic mass is 10.0. The van der Waals surface area contributed by atoms with Crippen molar-refractivity contribution in [1.82, 2.24) is 0 Å². The normalized spacial score (nSPS) is 9.59. The summed E-state index contributed by atoms with van der Waals surface area (Å²) in [4.78, 5) is 10.6. The highest BCUT2D eigenvalue weighted by Gasteiger charge is 2.01. The number of aliphatic carboxylic acids is 1. The average Bonchev–Trinajstić information content (AvgIpc) is 2.31. The van der Waals surface area contributed by atoms with Gasteiger partial charge in [-0.1, -0.05) is 42.0 Å². The molecule has 0 aliphatic heterocycles. The number of aliphatic hydroxyl groups is 1. The summed E-state index contributed by atoms with van der Waals surface area (Å²) in [6.45, 7) is 2.05. The van der Waals surface area contributed by atoms with Crippen molar-refractivity contribution in [3.8, 4) is 0 Å². The zero-order chi connectivity index (χ0) is 12.8. The van der Waals surface area contributed by atoms with E-state index in [4.69, 9.17) is 10.2 Å². The smallest absolute Gasteiger partial charge is 0.307 e. The van der Waals surface area contributed by atoms with Crippen molar-refractivity contribution in [1.29, 1.82) is 0 Å². The maximum atomic E-state index is 10.6. The highest BCUT2D eigenvalue weighted by Crippen LogP contribution is 2.17. The van der Waals surface area contributed by atoms with E-state index < -0.39 is 5.97 Å². The average molecular weight is 232 g/mol. The largest absolute Gasteiger partial charge is 0.481 e. The van der Waals surface area contributed by atoms with Crippen LogP contribution in [-0.2, 0) is 11.2 Å². The van der Waals surface area contributed by atoms with Crippen LogP contribution in [0.15, 0.2) is 36.4 Å². The van der Waals surface area contributed by atoms with E-state index in [1.165, 1.54) is 5.56 Å². The molecule has 0 amide bonds. The molecule has 0 saturated heterocycles. The fraction of sp³-hybridized carbons (Fsp3) is 0.214. The number of fused-ring (bicyclic) bond motifs is 1. The molecular weight excluding hydrogens is 216 g/mol. The number of aryl methyl sites for hydroxylation is 1. The summed E-state index contributed by atoms with van der Waals surface area (Å²) in [6, 6.07) is 11.9. The van der Waals surface area contributed by atoms with E-state index in [-0.39, 0.29) is 6.42 Å². The van der Waals surface area contributed by atoms with Gasteiger partial charge in [-0.2, -0.15) is 0 Å². The van der Waals surface area contributed by atoms with Gasteiger partial charge < -0.3 is 10.2 Å². The summed E-state index contributed by atoms with van der Waals surface area (Å²) in [7, 11) is 1.00. The van der Waals surface area contributed by atoms with Crippen molar-refractivity contribution >= 4 is 16.7 Å². The molecule has 3 heteroatoms. The molecule has 90 valence electrons. The Bertz CT molecular complexity index is 518. The molecule has 0 fully saturated rings. The molecule has 0 aliphatic carbocycles. The fourth-order valence-corrected chi connectivity index (χ4v) is 1.70. The molecule has 2 rings (SSSR count). The Balaban J connectivity index is 0.000000686. The first-order chi connectivity index (χ1) is 8.15. The van der Waals surface area contributed by atoms with E-state index in [0.29, 0.717) is 0 Å². The number of benzene rings is 2. The Morgan fingerprint density at radius 3 is 2.29 bits per heavy atom. The first kappa shape index (κ1) is 13.2. The highest BCUT2D eigenvalue weighted by molar-refractivity contribution is 5.84. The third-order valence-corrected chi connectivity index (χ3v) is 2.42. The monoisotopic (exact) mass is 232 g/mol. The van der Waals surface area contributed by atoms with Crippen LogP contribution < -0.4 is 0 Å². The maximum absolute atomic E-state index is 10.6. The van der Waals surface area contributed by atoms with Crippen LogP contribution in [0.1, 0.15) is 11.1 Å². The van der Waals surface area contributed by atoms with Crippen molar-refractivity contribution in [2.45, 2.75) is 13.3 Å². The van der Waals surface area contributed by atoms with E-state index in [1.807, 2.05) is 37.3 Å². The number of hydrogen-bond acceptors (Lipinski definition) is 2. The highest BCUT2D eigenvalue weighted by atomic mass is 16.4. The zero-order valence-corrected chi connectivity index (χ0v) is 9.97. The SMILES string of the molecule is CO.Cc1ccc2cc(CC(=O)O)ccc2c1. The molecule has 0 radical (unpaired) electrons. The number of rotatable bonds is 2. The Morgan fingerprint density at radius 1 is 1.06 bits per heavy atom. The van der Waals surface area contributed by atoms with Gasteiger partial charge in [0, 0.05) is 7.11 Å². The lowest BCUT2D eigenvalue weighted by Gasteiger charge is -2.02. The van der Waals surface area contributed by atoms with Crippen LogP contribution in [0, 0.1) is 6.92 Å². The van der Waals surface area contributed by atoms with Gasteiger partial charge in [0.2, 0.25) is 0 Å². The summed E-state index contributed by atoms with van der Waals surface area (Å²) >= 11 is 0. The minimum Gasteiger partial charge on any atom is -0.481 e. The van der Waals surface area contributed by atoms with Crippen LogP contribution in [0.4, 0.5) is 0 Å². The van der Waals surface area contributed by atoms with Gasteiger partial charge in [-0.3, -0.25) is 4.79 Å². The molecule has 2 aromatic carbocycles. The van der Waals surface area contributed by atoms with Gasteiger partial charge in [0.25, 0.3) is 0 Å². The van der Waals surface area contributed by atoms with Gasteiger partial charge >= 0.3 is 5.97 Å². The predicted octanol–water partition coefficient (Wildman–Crippen LogP) is 2.38. The summed E-state index contributed by atoms with van der Waals surface area (Å²) in [6.07, 6.45) is 0.0871. The standard InChI is InChI=1S/C13H12O2.CH4O/c1-9-2-4-12-7-10(8-13(14)15)3-5-11(12)6-9;1-2/h2-7H,8H2,1H3,(H,14,15);2H,1H3. The number of carbonyl (C=O) groups is 1. The summed E-state index contributed by atoms with van der Waals surface area (Å²) in [5, 5.41) is 17.9. The second-order valence-electron chi connectivity index (χ2n) is 3.76. The molecule has 0 bridgehead atoms. The Kier molecular flexibility index (Phi) is 4.67. The van der Waals surface area contributed by atoms with Crippen molar-refractivity contribution < 1.29 is 15.0 Å². The topological polar surface area (TPSA) is 57.5 Å². The van der Waals surface area contributed by atoms with Gasteiger partial charge in [-0.15, -0.1) is 0 Å². The lowest BCUT2D eigenvalue weighted by molar-refractivity contribution is -0.136. The molecule has 0 aliphatic rings. The molecule has 2 aromatic rings. The number of carboxylic acids is 1.